The molecule has 2 aromatic rings. The number of nitrogen functional groups attached to an aromatic ring is 1. The van der Waals surface area contributed by atoms with E-state index in [9.17, 15) is 4.79 Å². The number of hydrogen-bond donors (Lipinski definition) is 1. The summed E-state index contributed by atoms with van der Waals surface area (Å²) in [5.41, 5.74) is 9.75. The Hall–Kier alpha value is -1.75. The van der Waals surface area contributed by atoms with Gasteiger partial charge in [0.1, 0.15) is 12.1 Å². The standard InChI is InChI=1S/C15H16BrN3O/c1-9-4-14(16)12(7-20)5-11(9)3-10(2)13-6-18-8-19-15(13)17/h4-8,10H,3H2,1-2H3,(H2,17,18,19). The summed E-state index contributed by atoms with van der Waals surface area (Å²) >= 11 is 3.39. The summed E-state index contributed by atoms with van der Waals surface area (Å²) in [6.45, 7) is 4.11. The van der Waals surface area contributed by atoms with E-state index in [0.717, 1.165) is 33.9 Å². The van der Waals surface area contributed by atoms with Crippen LogP contribution in [0.2, 0.25) is 0 Å². The van der Waals surface area contributed by atoms with Gasteiger partial charge in [-0.3, -0.25) is 4.79 Å². The van der Waals surface area contributed by atoms with Crippen molar-refractivity contribution in [3.8, 4) is 0 Å². The zero-order valence-corrected chi connectivity index (χ0v) is 13.0. The maximum atomic E-state index is 11.0. The number of aryl methyl sites for hydroxylation is 1. The van der Waals surface area contributed by atoms with Crippen molar-refractivity contribution in [2.45, 2.75) is 26.2 Å². The quantitative estimate of drug-likeness (QED) is 0.871. The van der Waals surface area contributed by atoms with Gasteiger partial charge in [-0.1, -0.05) is 22.9 Å². The number of aromatic nitrogens is 2. The zero-order chi connectivity index (χ0) is 14.7. The number of rotatable bonds is 4. The molecule has 0 radical (unpaired) electrons. The number of carbonyl (C=O) groups excluding carboxylic acids is 1. The SMILES string of the molecule is Cc1cc(Br)c(C=O)cc1CC(C)c1cncnc1N. The second-order valence-electron chi connectivity index (χ2n) is 4.89. The lowest BCUT2D eigenvalue weighted by Gasteiger charge is -2.15. The van der Waals surface area contributed by atoms with Crippen molar-refractivity contribution in [3.63, 3.8) is 0 Å². The molecule has 1 aromatic carbocycles. The first-order valence-electron chi connectivity index (χ1n) is 6.32. The third kappa shape index (κ3) is 3.04. The minimum absolute atomic E-state index is 0.190. The Labute approximate surface area is 126 Å². The van der Waals surface area contributed by atoms with Crippen LogP contribution in [0, 0.1) is 6.92 Å². The van der Waals surface area contributed by atoms with Gasteiger partial charge in [0.05, 0.1) is 0 Å². The minimum Gasteiger partial charge on any atom is -0.383 e. The molecular weight excluding hydrogens is 318 g/mol. The monoisotopic (exact) mass is 333 g/mol. The van der Waals surface area contributed by atoms with E-state index in [0.29, 0.717) is 11.4 Å². The molecule has 5 heteroatoms. The number of carbonyl (C=O) groups is 1. The van der Waals surface area contributed by atoms with Crippen LogP contribution in [0.1, 0.15) is 39.9 Å². The maximum absolute atomic E-state index is 11.0. The molecule has 20 heavy (non-hydrogen) atoms. The van der Waals surface area contributed by atoms with E-state index in [1.807, 2.05) is 19.1 Å². The first kappa shape index (κ1) is 14.7. The number of halogens is 1. The Balaban J connectivity index is 2.30. The average molecular weight is 334 g/mol. The van der Waals surface area contributed by atoms with Crippen LogP contribution in [-0.4, -0.2) is 16.3 Å². The first-order chi connectivity index (χ1) is 9.52. The van der Waals surface area contributed by atoms with Gasteiger partial charge in [0.15, 0.2) is 6.29 Å². The summed E-state index contributed by atoms with van der Waals surface area (Å²) in [6.07, 6.45) is 4.85. The second-order valence-corrected chi connectivity index (χ2v) is 5.74. The molecule has 1 aromatic heterocycles. The van der Waals surface area contributed by atoms with Crippen molar-refractivity contribution >= 4 is 28.0 Å². The molecule has 1 heterocycles. The molecule has 0 fully saturated rings. The number of nitrogens with two attached hydrogens (primary N) is 1. The molecule has 2 rings (SSSR count). The van der Waals surface area contributed by atoms with Crippen molar-refractivity contribution in [1.29, 1.82) is 0 Å². The average Bonchev–Trinajstić information content (AvgIpc) is 2.42. The van der Waals surface area contributed by atoms with Gasteiger partial charge in [-0.15, -0.1) is 0 Å². The van der Waals surface area contributed by atoms with E-state index in [1.54, 1.807) is 6.20 Å². The summed E-state index contributed by atoms with van der Waals surface area (Å²) in [7, 11) is 0. The number of hydrogen-bond acceptors (Lipinski definition) is 4. The Bertz CT molecular complexity index is 643. The number of anilines is 1. The van der Waals surface area contributed by atoms with Gasteiger partial charge < -0.3 is 5.73 Å². The van der Waals surface area contributed by atoms with Crippen molar-refractivity contribution in [2.24, 2.45) is 0 Å². The van der Waals surface area contributed by atoms with Crippen LogP contribution in [0.5, 0.6) is 0 Å². The smallest absolute Gasteiger partial charge is 0.151 e. The summed E-state index contributed by atoms with van der Waals surface area (Å²) in [5, 5.41) is 0. The van der Waals surface area contributed by atoms with Crippen molar-refractivity contribution in [1.82, 2.24) is 9.97 Å². The first-order valence-corrected chi connectivity index (χ1v) is 7.11. The molecular formula is C15H16BrN3O. The molecule has 1 unspecified atom stereocenters. The largest absolute Gasteiger partial charge is 0.383 e. The normalized spacial score (nSPS) is 12.2. The molecule has 2 N–H and O–H groups in total. The van der Waals surface area contributed by atoms with Crippen molar-refractivity contribution in [3.05, 3.63) is 51.4 Å². The molecule has 0 saturated carbocycles. The van der Waals surface area contributed by atoms with Gasteiger partial charge in [-0.05, 0) is 42.5 Å². The maximum Gasteiger partial charge on any atom is 0.151 e. The van der Waals surface area contributed by atoms with Crippen LogP contribution in [0.15, 0.2) is 29.1 Å². The molecule has 0 spiro atoms. The van der Waals surface area contributed by atoms with E-state index >= 15 is 0 Å². The fourth-order valence-corrected chi connectivity index (χ4v) is 2.77. The molecule has 0 bridgehead atoms. The fraction of sp³-hybridized carbons (Fsp3) is 0.267. The van der Waals surface area contributed by atoms with E-state index in [1.165, 1.54) is 6.33 Å². The summed E-state index contributed by atoms with van der Waals surface area (Å²) < 4.78 is 0.823. The van der Waals surface area contributed by atoms with Gasteiger partial charge in [-0.25, -0.2) is 9.97 Å². The van der Waals surface area contributed by atoms with E-state index < -0.39 is 0 Å². The third-order valence-corrected chi connectivity index (χ3v) is 4.10. The highest BCUT2D eigenvalue weighted by atomic mass is 79.9. The van der Waals surface area contributed by atoms with Crippen LogP contribution in [0.3, 0.4) is 0 Å². The highest BCUT2D eigenvalue weighted by molar-refractivity contribution is 9.10. The van der Waals surface area contributed by atoms with Gasteiger partial charge >= 0.3 is 0 Å². The van der Waals surface area contributed by atoms with Crippen molar-refractivity contribution < 1.29 is 4.79 Å². The Morgan fingerprint density at radius 2 is 2.20 bits per heavy atom. The molecule has 4 nitrogen and oxygen atoms in total. The topological polar surface area (TPSA) is 68.9 Å². The Kier molecular flexibility index (Phi) is 4.49. The third-order valence-electron chi connectivity index (χ3n) is 3.41. The van der Waals surface area contributed by atoms with Crippen molar-refractivity contribution in [2.75, 3.05) is 5.73 Å². The van der Waals surface area contributed by atoms with Gasteiger partial charge in [0.25, 0.3) is 0 Å². The van der Waals surface area contributed by atoms with Crippen LogP contribution in [-0.2, 0) is 6.42 Å². The molecule has 0 amide bonds. The van der Waals surface area contributed by atoms with Gasteiger partial charge in [-0.2, -0.15) is 0 Å². The van der Waals surface area contributed by atoms with E-state index in [4.69, 9.17) is 5.73 Å². The zero-order valence-electron chi connectivity index (χ0n) is 11.4. The lowest BCUT2D eigenvalue weighted by atomic mass is 9.92. The lowest BCUT2D eigenvalue weighted by Crippen LogP contribution is -2.06. The molecule has 0 aliphatic rings. The Morgan fingerprint density at radius 1 is 1.45 bits per heavy atom. The van der Waals surface area contributed by atoms with Crippen LogP contribution in [0.4, 0.5) is 5.82 Å². The van der Waals surface area contributed by atoms with Crippen LogP contribution < -0.4 is 5.73 Å². The molecule has 0 aliphatic carbocycles. The summed E-state index contributed by atoms with van der Waals surface area (Å²) in [4.78, 5) is 19.1. The number of nitrogens with zero attached hydrogens (tertiary/aromatic N) is 2. The van der Waals surface area contributed by atoms with E-state index in [-0.39, 0.29) is 5.92 Å². The summed E-state index contributed by atoms with van der Waals surface area (Å²) in [6, 6.07) is 3.89. The predicted molar refractivity (Wildman–Crippen MR) is 82.8 cm³/mol. The molecule has 0 aliphatic heterocycles. The number of aldehydes is 1. The highest BCUT2D eigenvalue weighted by Crippen LogP contribution is 2.27. The van der Waals surface area contributed by atoms with Crippen LogP contribution in [0.25, 0.3) is 0 Å². The lowest BCUT2D eigenvalue weighted by molar-refractivity contribution is 0.112. The highest BCUT2D eigenvalue weighted by Gasteiger charge is 2.13. The molecule has 104 valence electrons. The second kappa shape index (κ2) is 6.13. The van der Waals surface area contributed by atoms with Gasteiger partial charge in [0.2, 0.25) is 0 Å². The fourth-order valence-electron chi connectivity index (χ4n) is 2.22. The van der Waals surface area contributed by atoms with Gasteiger partial charge in [0, 0.05) is 21.8 Å². The van der Waals surface area contributed by atoms with E-state index in [2.05, 4.69) is 32.8 Å². The molecule has 0 saturated heterocycles. The Morgan fingerprint density at radius 3 is 2.85 bits per heavy atom. The van der Waals surface area contributed by atoms with Crippen LogP contribution >= 0.6 is 15.9 Å². The summed E-state index contributed by atoms with van der Waals surface area (Å²) in [5.74, 6) is 0.702. The minimum atomic E-state index is 0.190. The predicted octanol–water partition coefficient (Wildman–Crippen LogP) is 3.29. The molecule has 1 atom stereocenters. The number of benzene rings is 1.